The molecule has 1 fully saturated rings. The van der Waals surface area contributed by atoms with E-state index in [1.54, 1.807) is 11.1 Å². The van der Waals surface area contributed by atoms with Crippen molar-refractivity contribution in [2.24, 2.45) is 0 Å². The lowest BCUT2D eigenvalue weighted by atomic mass is 10.1. The Morgan fingerprint density at radius 3 is 2.88 bits per heavy atom. The maximum atomic E-state index is 11.9. The molecule has 2 aromatic rings. The lowest BCUT2D eigenvalue weighted by molar-refractivity contribution is -0.117. The Morgan fingerprint density at radius 2 is 2.12 bits per heavy atom. The highest BCUT2D eigenvalue weighted by Gasteiger charge is 2.29. The Hall–Kier alpha value is -1.55. The Balaban J connectivity index is 2.14. The first-order valence-corrected chi connectivity index (χ1v) is 6.08. The number of carbonyl (C=O) groups excluding carboxylic acids is 1. The molecule has 3 nitrogen and oxygen atoms in total. The fourth-order valence-corrected chi connectivity index (χ4v) is 2.56. The highest BCUT2D eigenvalue weighted by Crippen LogP contribution is 2.29. The predicted molar refractivity (Wildman–Crippen MR) is 71.5 cm³/mol. The molecule has 17 heavy (non-hydrogen) atoms. The van der Waals surface area contributed by atoms with Crippen molar-refractivity contribution in [1.29, 1.82) is 0 Å². The van der Waals surface area contributed by atoms with Gasteiger partial charge in [-0.1, -0.05) is 24.3 Å². The van der Waals surface area contributed by atoms with Crippen molar-refractivity contribution >= 4 is 35.0 Å². The van der Waals surface area contributed by atoms with Crippen molar-refractivity contribution in [2.45, 2.75) is 11.7 Å². The molecule has 1 saturated heterocycles. The topological polar surface area (TPSA) is 33.2 Å². The highest BCUT2D eigenvalue weighted by molar-refractivity contribution is 7.81. The van der Waals surface area contributed by atoms with E-state index in [4.69, 9.17) is 0 Å². The van der Waals surface area contributed by atoms with Crippen LogP contribution >= 0.6 is 12.6 Å². The van der Waals surface area contributed by atoms with Gasteiger partial charge in [0.1, 0.15) is 0 Å². The van der Waals surface area contributed by atoms with Gasteiger partial charge in [-0.25, -0.2) is 0 Å². The predicted octanol–water partition coefficient (Wildman–Crippen LogP) is 2.27. The molecule has 2 heterocycles. The molecule has 4 heteroatoms. The van der Waals surface area contributed by atoms with Gasteiger partial charge in [0.05, 0.1) is 11.9 Å². The summed E-state index contributed by atoms with van der Waals surface area (Å²) >= 11 is 4.37. The number of pyridine rings is 1. The first-order valence-electron chi connectivity index (χ1n) is 5.57. The van der Waals surface area contributed by atoms with Crippen LogP contribution in [-0.4, -0.2) is 22.7 Å². The van der Waals surface area contributed by atoms with E-state index >= 15 is 0 Å². The van der Waals surface area contributed by atoms with Crippen LogP contribution in [-0.2, 0) is 4.79 Å². The zero-order chi connectivity index (χ0) is 11.8. The van der Waals surface area contributed by atoms with E-state index < -0.39 is 0 Å². The van der Waals surface area contributed by atoms with E-state index in [2.05, 4.69) is 17.6 Å². The molecule has 0 saturated carbocycles. The van der Waals surface area contributed by atoms with Crippen LogP contribution in [0.4, 0.5) is 5.69 Å². The van der Waals surface area contributed by atoms with Gasteiger partial charge in [0.2, 0.25) is 5.91 Å². The molecule has 0 aliphatic carbocycles. The van der Waals surface area contributed by atoms with Crippen LogP contribution in [0.3, 0.4) is 0 Å². The van der Waals surface area contributed by atoms with Crippen molar-refractivity contribution in [3.8, 4) is 0 Å². The van der Waals surface area contributed by atoms with Crippen LogP contribution < -0.4 is 4.90 Å². The number of amides is 1. The second-order valence-corrected chi connectivity index (χ2v) is 4.97. The minimum atomic E-state index is 0.126. The van der Waals surface area contributed by atoms with Crippen LogP contribution in [0.2, 0.25) is 0 Å². The largest absolute Gasteiger partial charge is 0.309 e. The third-order valence-electron chi connectivity index (χ3n) is 3.04. The molecular weight excluding hydrogens is 232 g/mol. The highest BCUT2D eigenvalue weighted by atomic mass is 32.1. The summed E-state index contributed by atoms with van der Waals surface area (Å²) in [7, 11) is 0. The zero-order valence-electron chi connectivity index (χ0n) is 9.21. The standard InChI is InChI=1S/C13H12N2OS/c16-13-5-10(17)8-15(13)12-7-14-6-9-3-1-2-4-11(9)12/h1-4,6-7,10,17H,5,8H2. The monoisotopic (exact) mass is 244 g/mol. The number of thiol groups is 1. The van der Waals surface area contributed by atoms with Gasteiger partial charge in [-0.15, -0.1) is 0 Å². The van der Waals surface area contributed by atoms with Crippen molar-refractivity contribution in [2.75, 3.05) is 11.4 Å². The molecule has 0 N–H and O–H groups in total. The molecule has 1 unspecified atom stereocenters. The number of anilines is 1. The smallest absolute Gasteiger partial charge is 0.228 e. The van der Waals surface area contributed by atoms with Crippen molar-refractivity contribution in [1.82, 2.24) is 4.98 Å². The van der Waals surface area contributed by atoms with E-state index in [1.165, 1.54) is 0 Å². The Kier molecular flexibility index (Phi) is 2.52. The number of carbonyl (C=O) groups is 1. The molecular formula is C13H12N2OS. The van der Waals surface area contributed by atoms with E-state index in [1.807, 2.05) is 30.5 Å². The molecule has 1 atom stereocenters. The minimum absolute atomic E-state index is 0.126. The molecule has 1 aromatic carbocycles. The van der Waals surface area contributed by atoms with Gasteiger partial charge in [0, 0.05) is 35.2 Å². The maximum absolute atomic E-state index is 11.9. The van der Waals surface area contributed by atoms with Gasteiger partial charge in [-0.05, 0) is 0 Å². The number of nitrogens with zero attached hydrogens (tertiary/aromatic N) is 2. The molecule has 0 radical (unpaired) electrons. The van der Waals surface area contributed by atoms with Crippen molar-refractivity contribution < 1.29 is 4.79 Å². The van der Waals surface area contributed by atoms with E-state index in [0.717, 1.165) is 16.5 Å². The van der Waals surface area contributed by atoms with Gasteiger partial charge in [0.25, 0.3) is 0 Å². The summed E-state index contributed by atoms with van der Waals surface area (Å²) in [5.74, 6) is 0.128. The normalized spacial score (nSPS) is 20.2. The molecule has 1 aromatic heterocycles. The summed E-state index contributed by atoms with van der Waals surface area (Å²) in [5.41, 5.74) is 0.893. The minimum Gasteiger partial charge on any atom is -0.309 e. The van der Waals surface area contributed by atoms with E-state index in [-0.39, 0.29) is 11.2 Å². The molecule has 1 aliphatic rings. The van der Waals surface area contributed by atoms with Gasteiger partial charge in [0.15, 0.2) is 0 Å². The van der Waals surface area contributed by atoms with Gasteiger partial charge >= 0.3 is 0 Å². The molecule has 3 rings (SSSR count). The van der Waals surface area contributed by atoms with Crippen LogP contribution in [0.25, 0.3) is 10.8 Å². The summed E-state index contributed by atoms with van der Waals surface area (Å²) in [6, 6.07) is 7.97. The number of benzene rings is 1. The SMILES string of the molecule is O=C1CC(S)CN1c1cncc2ccccc12. The van der Waals surface area contributed by atoms with Crippen LogP contribution in [0.1, 0.15) is 6.42 Å². The molecule has 0 spiro atoms. The Morgan fingerprint density at radius 1 is 1.29 bits per heavy atom. The van der Waals surface area contributed by atoms with E-state index in [9.17, 15) is 4.79 Å². The fraction of sp³-hybridized carbons (Fsp3) is 0.231. The second-order valence-electron chi connectivity index (χ2n) is 4.24. The number of fused-ring (bicyclic) bond motifs is 1. The number of aromatic nitrogens is 1. The van der Waals surface area contributed by atoms with E-state index in [0.29, 0.717) is 13.0 Å². The lowest BCUT2D eigenvalue weighted by Gasteiger charge is -2.17. The molecule has 0 bridgehead atoms. The first kappa shape index (κ1) is 10.6. The summed E-state index contributed by atoms with van der Waals surface area (Å²) < 4.78 is 0. The van der Waals surface area contributed by atoms with Crippen LogP contribution in [0, 0.1) is 0 Å². The second kappa shape index (κ2) is 4.04. The van der Waals surface area contributed by atoms with Gasteiger partial charge < -0.3 is 4.90 Å². The summed E-state index contributed by atoms with van der Waals surface area (Å²) in [6.45, 7) is 0.664. The molecule has 1 aliphatic heterocycles. The van der Waals surface area contributed by atoms with Crippen molar-refractivity contribution in [3.05, 3.63) is 36.7 Å². The Labute approximate surface area is 105 Å². The average Bonchev–Trinajstić information content (AvgIpc) is 2.68. The summed E-state index contributed by atoms with van der Waals surface area (Å²) in [5, 5.41) is 2.25. The van der Waals surface area contributed by atoms with Crippen LogP contribution in [0.5, 0.6) is 0 Å². The number of hydrogen-bond acceptors (Lipinski definition) is 3. The van der Waals surface area contributed by atoms with Crippen LogP contribution in [0.15, 0.2) is 36.7 Å². The first-order chi connectivity index (χ1) is 8.25. The third-order valence-corrected chi connectivity index (χ3v) is 3.39. The van der Waals surface area contributed by atoms with Crippen molar-refractivity contribution in [3.63, 3.8) is 0 Å². The number of hydrogen-bond donors (Lipinski definition) is 1. The molecule has 86 valence electrons. The lowest BCUT2D eigenvalue weighted by Crippen LogP contribution is -2.24. The summed E-state index contributed by atoms with van der Waals surface area (Å²) in [6.07, 6.45) is 4.08. The summed E-state index contributed by atoms with van der Waals surface area (Å²) in [4.78, 5) is 17.9. The van der Waals surface area contributed by atoms with Gasteiger partial charge in [-0.2, -0.15) is 12.6 Å². The number of rotatable bonds is 1. The average molecular weight is 244 g/mol. The van der Waals surface area contributed by atoms with Gasteiger partial charge in [-0.3, -0.25) is 9.78 Å². The maximum Gasteiger partial charge on any atom is 0.228 e. The Bertz CT molecular complexity index is 579. The fourth-order valence-electron chi connectivity index (χ4n) is 2.24. The third kappa shape index (κ3) is 1.78. The zero-order valence-corrected chi connectivity index (χ0v) is 10.1. The quantitative estimate of drug-likeness (QED) is 0.781. The molecule has 1 amide bonds.